The number of halogens is 4. The van der Waals surface area contributed by atoms with Crippen molar-refractivity contribution in [2.75, 3.05) is 13.1 Å². The van der Waals surface area contributed by atoms with Crippen molar-refractivity contribution in [3.63, 3.8) is 0 Å². The number of amides is 1. The molecule has 1 atom stereocenters. The van der Waals surface area contributed by atoms with Gasteiger partial charge < -0.3 is 15.7 Å². The predicted octanol–water partition coefficient (Wildman–Crippen LogP) is -0.0988. The number of likely N-dealkylation sites (tertiary alicyclic amines) is 1. The van der Waals surface area contributed by atoms with Crippen LogP contribution in [0.5, 0.6) is 0 Å². The third kappa shape index (κ3) is 2.65. The van der Waals surface area contributed by atoms with Gasteiger partial charge in [0.05, 0.1) is 25.6 Å². The van der Waals surface area contributed by atoms with Crippen molar-refractivity contribution in [1.29, 1.82) is 0 Å². The van der Waals surface area contributed by atoms with Gasteiger partial charge in [0.1, 0.15) is 0 Å². The molecular weight excluding hydrogens is 248 g/mol. The van der Waals surface area contributed by atoms with Crippen molar-refractivity contribution in [2.24, 2.45) is 5.73 Å². The molecule has 0 aromatic rings. The van der Waals surface area contributed by atoms with Crippen LogP contribution in [0, 0.1) is 0 Å². The molecule has 1 aliphatic heterocycles. The lowest BCUT2D eigenvalue weighted by Gasteiger charge is -2.18. The summed E-state index contributed by atoms with van der Waals surface area (Å²) in [5, 5.41) is 8.33. The van der Waals surface area contributed by atoms with Crippen LogP contribution < -0.4 is 5.73 Å². The smallest absolute Gasteiger partial charge is 0.329 e. The quantitative estimate of drug-likeness (QED) is 0.692. The van der Waals surface area contributed by atoms with E-state index < -0.39 is 49.3 Å². The normalized spacial score (nSPS) is 23.5. The standard InChI is InChI=1S/C8H10F4N2O3/c9-7(10)2-14(3-8(7,11)12)6(17)4(13)1-5(15)16/h4H,1-3,13H2,(H,15,16)/t4-/m0/s1. The van der Waals surface area contributed by atoms with Crippen LogP contribution in [0.4, 0.5) is 17.6 Å². The van der Waals surface area contributed by atoms with Crippen molar-refractivity contribution in [3.8, 4) is 0 Å². The first-order valence-corrected chi connectivity index (χ1v) is 4.58. The first kappa shape index (κ1) is 13.7. The Kier molecular flexibility index (Phi) is 3.33. The molecule has 0 aromatic heterocycles. The Labute approximate surface area is 93.2 Å². The Morgan fingerprint density at radius 1 is 1.24 bits per heavy atom. The molecule has 3 N–H and O–H groups in total. The second-order valence-electron chi connectivity index (χ2n) is 3.81. The monoisotopic (exact) mass is 258 g/mol. The Morgan fingerprint density at radius 3 is 2.00 bits per heavy atom. The van der Waals surface area contributed by atoms with Gasteiger partial charge in [-0.2, -0.15) is 17.6 Å². The van der Waals surface area contributed by atoms with Crippen LogP contribution in [-0.4, -0.2) is 52.9 Å². The molecule has 1 fully saturated rings. The minimum Gasteiger partial charge on any atom is -0.481 e. The number of aliphatic carboxylic acids is 1. The molecule has 0 bridgehead atoms. The summed E-state index contributed by atoms with van der Waals surface area (Å²) in [5.41, 5.74) is 5.11. The minimum absolute atomic E-state index is 0.188. The number of carbonyl (C=O) groups is 2. The van der Waals surface area contributed by atoms with E-state index in [4.69, 9.17) is 10.8 Å². The third-order valence-corrected chi connectivity index (χ3v) is 2.34. The number of nitrogens with two attached hydrogens (primary N) is 1. The minimum atomic E-state index is -4.31. The van der Waals surface area contributed by atoms with Gasteiger partial charge in [0.2, 0.25) is 5.91 Å². The number of alkyl halides is 4. The molecule has 0 aliphatic carbocycles. The van der Waals surface area contributed by atoms with Crippen molar-refractivity contribution >= 4 is 11.9 Å². The van der Waals surface area contributed by atoms with Gasteiger partial charge in [0.15, 0.2) is 0 Å². The van der Waals surface area contributed by atoms with Gasteiger partial charge in [0, 0.05) is 0 Å². The van der Waals surface area contributed by atoms with Crippen LogP contribution in [0.1, 0.15) is 6.42 Å². The highest BCUT2D eigenvalue weighted by atomic mass is 19.3. The van der Waals surface area contributed by atoms with Gasteiger partial charge in [-0.15, -0.1) is 0 Å². The van der Waals surface area contributed by atoms with E-state index in [9.17, 15) is 27.2 Å². The van der Waals surface area contributed by atoms with E-state index in [1.54, 1.807) is 0 Å². The highest BCUT2D eigenvalue weighted by Crippen LogP contribution is 2.40. The molecule has 17 heavy (non-hydrogen) atoms. The molecule has 0 radical (unpaired) electrons. The number of hydrogen-bond donors (Lipinski definition) is 2. The van der Waals surface area contributed by atoms with Gasteiger partial charge in [-0.05, 0) is 0 Å². The third-order valence-electron chi connectivity index (χ3n) is 2.34. The molecule has 0 saturated carbocycles. The number of carboxylic acid groups (broad SMARTS) is 1. The predicted molar refractivity (Wildman–Crippen MR) is 46.7 cm³/mol. The van der Waals surface area contributed by atoms with Crippen LogP contribution in [-0.2, 0) is 9.59 Å². The van der Waals surface area contributed by atoms with E-state index in [1.165, 1.54) is 0 Å². The van der Waals surface area contributed by atoms with E-state index in [2.05, 4.69) is 0 Å². The molecule has 0 aromatic carbocycles. The Balaban J connectivity index is 2.71. The fourth-order valence-corrected chi connectivity index (χ4v) is 1.43. The molecular formula is C8H10F4N2O3. The fraction of sp³-hybridized carbons (Fsp3) is 0.750. The number of hydrogen-bond acceptors (Lipinski definition) is 3. The topological polar surface area (TPSA) is 83.6 Å². The zero-order valence-corrected chi connectivity index (χ0v) is 8.50. The zero-order chi connectivity index (χ0) is 13.4. The second kappa shape index (κ2) is 4.13. The summed E-state index contributed by atoms with van der Waals surface area (Å²) in [4.78, 5) is 21.8. The van der Waals surface area contributed by atoms with Crippen molar-refractivity contribution in [3.05, 3.63) is 0 Å². The van der Waals surface area contributed by atoms with Gasteiger partial charge in [0.25, 0.3) is 0 Å². The summed E-state index contributed by atoms with van der Waals surface area (Å²) in [5.74, 6) is -11.3. The van der Waals surface area contributed by atoms with Crippen LogP contribution in [0.3, 0.4) is 0 Å². The fourth-order valence-electron chi connectivity index (χ4n) is 1.43. The molecule has 0 unspecified atom stereocenters. The number of carbonyl (C=O) groups excluding carboxylic acids is 1. The molecule has 1 heterocycles. The molecule has 98 valence electrons. The first-order chi connectivity index (χ1) is 7.57. The molecule has 1 saturated heterocycles. The van der Waals surface area contributed by atoms with E-state index in [0.29, 0.717) is 0 Å². The van der Waals surface area contributed by atoms with Gasteiger partial charge in [-0.3, -0.25) is 9.59 Å². The van der Waals surface area contributed by atoms with Crippen LogP contribution in [0.2, 0.25) is 0 Å². The molecule has 1 aliphatic rings. The lowest BCUT2D eigenvalue weighted by Crippen LogP contribution is -2.44. The van der Waals surface area contributed by atoms with Gasteiger partial charge >= 0.3 is 17.8 Å². The summed E-state index contributed by atoms with van der Waals surface area (Å²) in [7, 11) is 0. The van der Waals surface area contributed by atoms with E-state index in [0.717, 1.165) is 0 Å². The number of nitrogens with zero attached hydrogens (tertiary/aromatic N) is 1. The lowest BCUT2D eigenvalue weighted by atomic mass is 10.2. The van der Waals surface area contributed by atoms with Crippen molar-refractivity contribution < 1.29 is 32.3 Å². The van der Waals surface area contributed by atoms with Crippen LogP contribution >= 0.6 is 0 Å². The average Bonchev–Trinajstić information content (AvgIpc) is 2.33. The van der Waals surface area contributed by atoms with Gasteiger partial charge in [-0.1, -0.05) is 0 Å². The van der Waals surface area contributed by atoms with Crippen molar-refractivity contribution in [2.45, 2.75) is 24.3 Å². The Morgan fingerprint density at radius 2 is 1.65 bits per heavy atom. The molecule has 9 heteroatoms. The molecule has 0 spiro atoms. The highest BCUT2D eigenvalue weighted by Gasteiger charge is 2.64. The average molecular weight is 258 g/mol. The summed E-state index contributed by atoms with van der Waals surface area (Å²) in [6.45, 7) is -2.90. The lowest BCUT2D eigenvalue weighted by molar-refractivity contribution is -0.172. The first-order valence-electron chi connectivity index (χ1n) is 4.58. The maximum absolute atomic E-state index is 12.8. The number of rotatable bonds is 3. The molecule has 5 nitrogen and oxygen atoms in total. The second-order valence-corrected chi connectivity index (χ2v) is 3.81. The number of carboxylic acids is 1. The Hall–Kier alpha value is -1.38. The van der Waals surface area contributed by atoms with Crippen LogP contribution in [0.25, 0.3) is 0 Å². The van der Waals surface area contributed by atoms with Crippen molar-refractivity contribution in [1.82, 2.24) is 4.90 Å². The highest BCUT2D eigenvalue weighted by molar-refractivity contribution is 5.86. The maximum atomic E-state index is 12.8. The molecule has 1 amide bonds. The summed E-state index contributed by atoms with van der Waals surface area (Å²) < 4.78 is 51.0. The summed E-state index contributed by atoms with van der Waals surface area (Å²) in [6.07, 6.45) is -0.799. The maximum Gasteiger partial charge on any atom is 0.329 e. The van der Waals surface area contributed by atoms with Crippen LogP contribution in [0.15, 0.2) is 0 Å². The van der Waals surface area contributed by atoms with E-state index >= 15 is 0 Å². The van der Waals surface area contributed by atoms with E-state index in [-0.39, 0.29) is 4.90 Å². The van der Waals surface area contributed by atoms with E-state index in [1.807, 2.05) is 0 Å². The largest absolute Gasteiger partial charge is 0.481 e. The summed E-state index contributed by atoms with van der Waals surface area (Å²) in [6, 6.07) is -1.60. The SMILES string of the molecule is N[C@@H](CC(=O)O)C(=O)N1CC(F)(F)C(F)(F)C1. The summed E-state index contributed by atoms with van der Waals surface area (Å²) >= 11 is 0. The van der Waals surface area contributed by atoms with Gasteiger partial charge in [-0.25, -0.2) is 0 Å². The zero-order valence-electron chi connectivity index (χ0n) is 8.50. The Bertz CT molecular complexity index is 332. The molecule has 1 rings (SSSR count).